The molecule has 0 atom stereocenters. The molecule has 2 aromatic rings. The van der Waals surface area contributed by atoms with Gasteiger partial charge in [0.25, 0.3) is 0 Å². The minimum absolute atomic E-state index is 0.299. The van der Waals surface area contributed by atoms with Crippen LogP contribution < -0.4 is 4.74 Å². The van der Waals surface area contributed by atoms with Crippen molar-refractivity contribution < 1.29 is 4.74 Å². The van der Waals surface area contributed by atoms with Gasteiger partial charge in [0.05, 0.1) is 0 Å². The van der Waals surface area contributed by atoms with Crippen LogP contribution in [0.4, 0.5) is 0 Å². The highest BCUT2D eigenvalue weighted by Crippen LogP contribution is 2.27. The van der Waals surface area contributed by atoms with Crippen LogP contribution in [0.15, 0.2) is 36.5 Å². The number of aromatic nitrogens is 1. The van der Waals surface area contributed by atoms with Crippen LogP contribution in [0.1, 0.15) is 16.8 Å². The minimum Gasteiger partial charge on any atom is -0.454 e. The van der Waals surface area contributed by atoms with Gasteiger partial charge in [0.1, 0.15) is 11.8 Å². The second-order valence-corrected chi connectivity index (χ2v) is 3.76. The van der Waals surface area contributed by atoms with E-state index in [1.165, 1.54) is 0 Å². The molecule has 0 spiro atoms. The second kappa shape index (κ2) is 4.67. The van der Waals surface area contributed by atoms with Gasteiger partial charge in [0.15, 0.2) is 11.4 Å². The molecule has 1 aromatic heterocycles. The summed E-state index contributed by atoms with van der Waals surface area (Å²) in [4.78, 5) is 3.96. The van der Waals surface area contributed by atoms with Crippen LogP contribution in [0.25, 0.3) is 0 Å². The largest absolute Gasteiger partial charge is 0.454 e. The number of pyridine rings is 1. The van der Waals surface area contributed by atoms with E-state index < -0.39 is 0 Å². The normalized spacial score (nSPS) is 9.71. The molecule has 0 radical (unpaired) electrons. The zero-order valence-corrected chi connectivity index (χ0v) is 9.77. The average Bonchev–Trinajstić information content (AvgIpc) is 2.35. The maximum absolute atomic E-state index is 8.93. The van der Waals surface area contributed by atoms with Crippen molar-refractivity contribution in [2.45, 2.75) is 13.8 Å². The van der Waals surface area contributed by atoms with Crippen LogP contribution in [0.2, 0.25) is 0 Å². The Labute approximate surface area is 100 Å². The molecular weight excluding hydrogens is 212 g/mol. The lowest BCUT2D eigenvalue weighted by atomic mass is 10.1. The fraction of sp³-hybridized carbons (Fsp3) is 0.143. The first kappa shape index (κ1) is 11.2. The van der Waals surface area contributed by atoms with Gasteiger partial charge in [-0.15, -0.1) is 0 Å². The van der Waals surface area contributed by atoms with Crippen LogP contribution in [-0.4, -0.2) is 4.98 Å². The molecule has 0 bridgehead atoms. The quantitative estimate of drug-likeness (QED) is 0.785. The monoisotopic (exact) mass is 224 g/mol. The van der Waals surface area contributed by atoms with Crippen molar-refractivity contribution in [3.8, 4) is 17.6 Å². The van der Waals surface area contributed by atoms with Gasteiger partial charge in [-0.1, -0.05) is 12.1 Å². The number of rotatable bonds is 2. The van der Waals surface area contributed by atoms with Crippen molar-refractivity contribution >= 4 is 0 Å². The number of nitrogens with zero attached hydrogens (tertiary/aromatic N) is 2. The molecule has 2 rings (SSSR count). The summed E-state index contributed by atoms with van der Waals surface area (Å²) in [5.74, 6) is 1.25. The smallest absolute Gasteiger partial charge is 0.183 e. The Morgan fingerprint density at radius 1 is 1.12 bits per heavy atom. The summed E-state index contributed by atoms with van der Waals surface area (Å²) in [6, 6.07) is 11.3. The van der Waals surface area contributed by atoms with E-state index in [1.807, 2.05) is 38.1 Å². The summed E-state index contributed by atoms with van der Waals surface area (Å²) in [5, 5.41) is 8.93. The number of benzene rings is 1. The summed E-state index contributed by atoms with van der Waals surface area (Å²) in [5.41, 5.74) is 2.53. The molecule has 0 amide bonds. The van der Waals surface area contributed by atoms with Gasteiger partial charge in [-0.05, 0) is 43.2 Å². The molecule has 3 nitrogen and oxygen atoms in total. The third kappa shape index (κ3) is 2.26. The average molecular weight is 224 g/mol. The van der Waals surface area contributed by atoms with E-state index in [4.69, 9.17) is 10.00 Å². The van der Waals surface area contributed by atoms with Gasteiger partial charge >= 0.3 is 0 Å². The van der Waals surface area contributed by atoms with Crippen molar-refractivity contribution in [3.63, 3.8) is 0 Å². The van der Waals surface area contributed by atoms with Crippen molar-refractivity contribution in [1.29, 1.82) is 5.26 Å². The van der Waals surface area contributed by atoms with E-state index in [9.17, 15) is 0 Å². The van der Waals surface area contributed by atoms with E-state index in [0.29, 0.717) is 11.4 Å². The number of aryl methyl sites for hydroxylation is 1. The zero-order chi connectivity index (χ0) is 12.3. The Hall–Kier alpha value is -2.34. The molecule has 1 heterocycles. The van der Waals surface area contributed by atoms with Gasteiger partial charge in [-0.2, -0.15) is 5.26 Å². The molecule has 0 aliphatic rings. The molecule has 1 aromatic carbocycles. The Bertz CT molecular complexity index is 585. The minimum atomic E-state index is 0.299. The summed E-state index contributed by atoms with van der Waals surface area (Å²) in [7, 11) is 0. The molecule has 0 saturated carbocycles. The first-order valence-electron chi connectivity index (χ1n) is 5.31. The Morgan fingerprint density at radius 2 is 1.88 bits per heavy atom. The number of hydrogen-bond donors (Lipinski definition) is 0. The standard InChI is InChI=1S/C14H12N2O/c1-10-5-3-6-13(11(10)2)17-14-7-4-8-16-12(14)9-15/h3-8H,1-2H3. The summed E-state index contributed by atoms with van der Waals surface area (Å²) < 4.78 is 5.73. The lowest BCUT2D eigenvalue weighted by Gasteiger charge is -2.10. The molecule has 0 aliphatic heterocycles. The highest BCUT2D eigenvalue weighted by Gasteiger charge is 2.07. The molecular formula is C14H12N2O. The van der Waals surface area contributed by atoms with E-state index in [2.05, 4.69) is 4.98 Å². The highest BCUT2D eigenvalue weighted by atomic mass is 16.5. The van der Waals surface area contributed by atoms with Crippen molar-refractivity contribution in [2.24, 2.45) is 0 Å². The fourth-order valence-corrected chi connectivity index (χ4v) is 1.51. The van der Waals surface area contributed by atoms with Crippen molar-refractivity contribution in [2.75, 3.05) is 0 Å². The van der Waals surface area contributed by atoms with E-state index in [1.54, 1.807) is 18.3 Å². The lowest BCUT2D eigenvalue weighted by molar-refractivity contribution is 0.474. The molecule has 84 valence electrons. The van der Waals surface area contributed by atoms with Crippen LogP contribution in [0.3, 0.4) is 0 Å². The fourth-order valence-electron chi connectivity index (χ4n) is 1.51. The molecule has 0 unspecified atom stereocenters. The summed E-state index contributed by atoms with van der Waals surface area (Å²) in [6.45, 7) is 4.02. The Morgan fingerprint density at radius 3 is 2.65 bits per heavy atom. The molecule has 0 saturated heterocycles. The lowest BCUT2D eigenvalue weighted by Crippen LogP contribution is -1.93. The van der Waals surface area contributed by atoms with Gasteiger partial charge in [0, 0.05) is 6.20 Å². The van der Waals surface area contributed by atoms with E-state index in [-0.39, 0.29) is 0 Å². The van der Waals surface area contributed by atoms with Crippen LogP contribution in [0, 0.1) is 25.2 Å². The summed E-state index contributed by atoms with van der Waals surface area (Å²) in [6.07, 6.45) is 1.58. The molecule has 3 heteroatoms. The molecule has 0 fully saturated rings. The molecule has 0 N–H and O–H groups in total. The van der Waals surface area contributed by atoms with Crippen LogP contribution >= 0.6 is 0 Å². The van der Waals surface area contributed by atoms with Gasteiger partial charge in [-0.25, -0.2) is 4.98 Å². The Balaban J connectivity index is 2.39. The van der Waals surface area contributed by atoms with Crippen molar-refractivity contribution in [3.05, 3.63) is 53.3 Å². The number of hydrogen-bond acceptors (Lipinski definition) is 3. The van der Waals surface area contributed by atoms with Gasteiger partial charge in [-0.3, -0.25) is 0 Å². The summed E-state index contributed by atoms with van der Waals surface area (Å²) >= 11 is 0. The maximum Gasteiger partial charge on any atom is 0.183 e. The highest BCUT2D eigenvalue weighted by molar-refractivity contribution is 5.44. The molecule has 0 aliphatic carbocycles. The van der Waals surface area contributed by atoms with Crippen LogP contribution in [0.5, 0.6) is 11.5 Å². The molecule has 17 heavy (non-hydrogen) atoms. The first-order valence-corrected chi connectivity index (χ1v) is 5.31. The van der Waals surface area contributed by atoms with Crippen LogP contribution in [-0.2, 0) is 0 Å². The van der Waals surface area contributed by atoms with Crippen molar-refractivity contribution in [1.82, 2.24) is 4.98 Å². The van der Waals surface area contributed by atoms with E-state index >= 15 is 0 Å². The topological polar surface area (TPSA) is 45.9 Å². The number of nitriles is 1. The maximum atomic E-state index is 8.93. The van der Waals surface area contributed by atoms with Gasteiger partial charge < -0.3 is 4.74 Å². The first-order chi connectivity index (χ1) is 8.22. The van der Waals surface area contributed by atoms with Gasteiger partial charge in [0.2, 0.25) is 0 Å². The third-order valence-corrected chi connectivity index (χ3v) is 2.65. The Kier molecular flexibility index (Phi) is 3.06. The zero-order valence-electron chi connectivity index (χ0n) is 9.77. The third-order valence-electron chi connectivity index (χ3n) is 2.65. The number of ether oxygens (including phenoxy) is 1. The second-order valence-electron chi connectivity index (χ2n) is 3.76. The SMILES string of the molecule is Cc1cccc(Oc2cccnc2C#N)c1C. The predicted octanol–water partition coefficient (Wildman–Crippen LogP) is 3.36. The predicted molar refractivity (Wildman–Crippen MR) is 64.9 cm³/mol. The van der Waals surface area contributed by atoms with E-state index in [0.717, 1.165) is 16.9 Å².